The summed E-state index contributed by atoms with van der Waals surface area (Å²) in [6.45, 7) is 2.37. The van der Waals surface area contributed by atoms with Crippen molar-refractivity contribution in [3.05, 3.63) is 30.1 Å². The van der Waals surface area contributed by atoms with E-state index in [2.05, 4.69) is 48.1 Å². The van der Waals surface area contributed by atoms with E-state index in [1.807, 2.05) is 12.3 Å². The van der Waals surface area contributed by atoms with E-state index < -0.39 is 0 Å². The summed E-state index contributed by atoms with van der Waals surface area (Å²) in [5.41, 5.74) is 1.51. The van der Waals surface area contributed by atoms with Gasteiger partial charge in [-0.2, -0.15) is 0 Å². The molecular weight excluding hydrogens is 210 g/mol. The molecule has 0 spiro atoms. The molecule has 0 bridgehead atoms. The first-order valence-corrected chi connectivity index (χ1v) is 6.38. The highest BCUT2D eigenvalue weighted by atomic mass is 15.2. The summed E-state index contributed by atoms with van der Waals surface area (Å²) in [5, 5.41) is 0. The zero-order valence-corrected chi connectivity index (χ0v) is 11.2. The third kappa shape index (κ3) is 2.85. The second kappa shape index (κ2) is 5.15. The van der Waals surface area contributed by atoms with Gasteiger partial charge in [0.1, 0.15) is 0 Å². The summed E-state index contributed by atoms with van der Waals surface area (Å²) in [6.07, 6.45) is 5.42. The van der Waals surface area contributed by atoms with Crippen molar-refractivity contribution in [1.29, 1.82) is 0 Å². The Kier molecular flexibility index (Phi) is 3.79. The van der Waals surface area contributed by atoms with Gasteiger partial charge in [0.25, 0.3) is 0 Å². The number of aromatic nitrogens is 1. The molecule has 0 atom stereocenters. The van der Waals surface area contributed by atoms with Crippen LogP contribution in [0.25, 0.3) is 0 Å². The molecule has 2 heterocycles. The second-order valence-electron chi connectivity index (χ2n) is 5.42. The molecule has 1 aromatic heterocycles. The standard InChI is InChI=1S/C14H23N3/c1-16(2)14(7-10-17(3)11-8-14)12-13-6-4-5-9-15-13/h4-6,9H,7-8,10-12H2,1-3H3. The smallest absolute Gasteiger partial charge is 0.0422 e. The molecule has 0 aliphatic carbocycles. The lowest BCUT2D eigenvalue weighted by molar-refractivity contribution is 0.0658. The quantitative estimate of drug-likeness (QED) is 0.791. The van der Waals surface area contributed by atoms with Crippen molar-refractivity contribution < 1.29 is 0 Å². The van der Waals surface area contributed by atoms with Crippen LogP contribution in [-0.2, 0) is 6.42 Å². The largest absolute Gasteiger partial charge is 0.306 e. The van der Waals surface area contributed by atoms with Crippen LogP contribution in [0.2, 0.25) is 0 Å². The Hall–Kier alpha value is -0.930. The maximum atomic E-state index is 4.48. The monoisotopic (exact) mass is 233 g/mol. The van der Waals surface area contributed by atoms with Gasteiger partial charge in [-0.3, -0.25) is 4.98 Å². The number of hydrogen-bond donors (Lipinski definition) is 0. The first kappa shape index (κ1) is 12.5. The first-order valence-electron chi connectivity index (χ1n) is 6.38. The van der Waals surface area contributed by atoms with E-state index >= 15 is 0 Å². The van der Waals surface area contributed by atoms with E-state index in [9.17, 15) is 0 Å². The molecule has 17 heavy (non-hydrogen) atoms. The molecular formula is C14H23N3. The van der Waals surface area contributed by atoms with Gasteiger partial charge in [-0.05, 0) is 59.2 Å². The third-order valence-electron chi connectivity index (χ3n) is 4.10. The maximum absolute atomic E-state index is 4.48. The SMILES string of the molecule is CN1CCC(Cc2ccccn2)(N(C)C)CC1. The van der Waals surface area contributed by atoms with Gasteiger partial charge in [0.05, 0.1) is 0 Å². The minimum atomic E-state index is 0.293. The Balaban J connectivity index is 2.13. The Labute approximate surface area is 104 Å². The van der Waals surface area contributed by atoms with Gasteiger partial charge in [-0.25, -0.2) is 0 Å². The zero-order chi connectivity index (χ0) is 12.3. The number of nitrogens with zero attached hydrogens (tertiary/aromatic N) is 3. The van der Waals surface area contributed by atoms with Gasteiger partial charge >= 0.3 is 0 Å². The second-order valence-corrected chi connectivity index (χ2v) is 5.42. The normalized spacial score (nSPS) is 20.7. The molecule has 3 nitrogen and oxygen atoms in total. The summed E-state index contributed by atoms with van der Waals surface area (Å²) < 4.78 is 0. The Morgan fingerprint density at radius 1 is 1.29 bits per heavy atom. The van der Waals surface area contributed by atoms with Crippen LogP contribution in [0.5, 0.6) is 0 Å². The number of likely N-dealkylation sites (tertiary alicyclic amines) is 1. The third-order valence-corrected chi connectivity index (χ3v) is 4.10. The van der Waals surface area contributed by atoms with E-state index in [1.54, 1.807) is 0 Å². The summed E-state index contributed by atoms with van der Waals surface area (Å²) in [7, 11) is 6.61. The van der Waals surface area contributed by atoms with Gasteiger partial charge < -0.3 is 9.80 Å². The number of pyridine rings is 1. The molecule has 0 N–H and O–H groups in total. The fraction of sp³-hybridized carbons (Fsp3) is 0.643. The van der Waals surface area contributed by atoms with Crippen LogP contribution in [0.1, 0.15) is 18.5 Å². The number of rotatable bonds is 3. The molecule has 1 aliphatic rings. The summed E-state index contributed by atoms with van der Waals surface area (Å²) in [6, 6.07) is 6.21. The Bertz CT molecular complexity index is 340. The molecule has 0 unspecified atom stereocenters. The topological polar surface area (TPSA) is 19.4 Å². The van der Waals surface area contributed by atoms with Crippen LogP contribution in [0, 0.1) is 0 Å². The molecule has 94 valence electrons. The van der Waals surface area contributed by atoms with Gasteiger partial charge in [0, 0.05) is 23.9 Å². The van der Waals surface area contributed by atoms with Gasteiger partial charge in [0.15, 0.2) is 0 Å². The summed E-state index contributed by atoms with van der Waals surface area (Å²) in [4.78, 5) is 9.29. The molecule has 0 saturated carbocycles. The van der Waals surface area contributed by atoms with Gasteiger partial charge in [-0.15, -0.1) is 0 Å². The molecule has 2 rings (SSSR count). The van der Waals surface area contributed by atoms with Crippen molar-refractivity contribution in [3.8, 4) is 0 Å². The van der Waals surface area contributed by atoms with E-state index in [4.69, 9.17) is 0 Å². The van der Waals surface area contributed by atoms with Crippen LogP contribution < -0.4 is 0 Å². The molecule has 1 aliphatic heterocycles. The van der Waals surface area contributed by atoms with Crippen molar-refractivity contribution in [3.63, 3.8) is 0 Å². The predicted molar refractivity (Wildman–Crippen MR) is 71.1 cm³/mol. The first-order chi connectivity index (χ1) is 8.12. The highest BCUT2D eigenvalue weighted by molar-refractivity contribution is 5.10. The van der Waals surface area contributed by atoms with E-state index in [0.717, 1.165) is 6.42 Å². The highest BCUT2D eigenvalue weighted by Crippen LogP contribution is 2.29. The highest BCUT2D eigenvalue weighted by Gasteiger charge is 2.36. The number of piperidine rings is 1. The fourth-order valence-electron chi connectivity index (χ4n) is 2.66. The number of likely N-dealkylation sites (N-methyl/N-ethyl adjacent to an activating group) is 1. The van der Waals surface area contributed by atoms with Gasteiger partial charge in [0.2, 0.25) is 0 Å². The molecule has 0 aromatic carbocycles. The van der Waals surface area contributed by atoms with Crippen LogP contribution >= 0.6 is 0 Å². The molecule has 1 fully saturated rings. The average Bonchev–Trinajstić information content (AvgIpc) is 2.33. The average molecular weight is 233 g/mol. The molecule has 3 heteroatoms. The lowest BCUT2D eigenvalue weighted by Gasteiger charge is -2.45. The van der Waals surface area contributed by atoms with Crippen molar-refractivity contribution in [2.24, 2.45) is 0 Å². The summed E-state index contributed by atoms with van der Waals surface area (Å²) in [5.74, 6) is 0. The summed E-state index contributed by atoms with van der Waals surface area (Å²) >= 11 is 0. The lowest BCUT2D eigenvalue weighted by Crippen LogP contribution is -2.53. The Morgan fingerprint density at radius 3 is 2.53 bits per heavy atom. The zero-order valence-electron chi connectivity index (χ0n) is 11.2. The minimum absolute atomic E-state index is 0.293. The van der Waals surface area contributed by atoms with Crippen molar-refractivity contribution in [1.82, 2.24) is 14.8 Å². The van der Waals surface area contributed by atoms with Gasteiger partial charge in [-0.1, -0.05) is 6.07 Å². The lowest BCUT2D eigenvalue weighted by atomic mass is 9.82. The molecule has 1 saturated heterocycles. The van der Waals surface area contributed by atoms with Crippen LogP contribution in [0.3, 0.4) is 0 Å². The van der Waals surface area contributed by atoms with Crippen LogP contribution in [-0.4, -0.2) is 54.6 Å². The van der Waals surface area contributed by atoms with Crippen molar-refractivity contribution in [2.45, 2.75) is 24.8 Å². The van der Waals surface area contributed by atoms with E-state index in [1.165, 1.54) is 31.6 Å². The van der Waals surface area contributed by atoms with E-state index in [0.29, 0.717) is 5.54 Å². The van der Waals surface area contributed by atoms with Crippen molar-refractivity contribution in [2.75, 3.05) is 34.2 Å². The molecule has 0 radical (unpaired) electrons. The van der Waals surface area contributed by atoms with Crippen LogP contribution in [0.4, 0.5) is 0 Å². The van der Waals surface area contributed by atoms with E-state index in [-0.39, 0.29) is 0 Å². The van der Waals surface area contributed by atoms with Crippen molar-refractivity contribution >= 4 is 0 Å². The molecule has 0 amide bonds. The maximum Gasteiger partial charge on any atom is 0.0422 e. The molecule has 1 aromatic rings. The number of hydrogen-bond acceptors (Lipinski definition) is 3. The van der Waals surface area contributed by atoms with Crippen LogP contribution in [0.15, 0.2) is 24.4 Å². The fourth-order valence-corrected chi connectivity index (χ4v) is 2.66. The minimum Gasteiger partial charge on any atom is -0.306 e. The predicted octanol–water partition coefficient (Wildman–Crippen LogP) is 1.65. The Morgan fingerprint density at radius 2 is 2.00 bits per heavy atom.